The summed E-state index contributed by atoms with van der Waals surface area (Å²) in [6, 6.07) is 6.34. The zero-order chi connectivity index (χ0) is 14.5. The van der Waals surface area contributed by atoms with Gasteiger partial charge in [0.05, 0.1) is 5.69 Å². The van der Waals surface area contributed by atoms with E-state index >= 15 is 0 Å². The second kappa shape index (κ2) is 6.18. The number of ether oxygens (including phenoxy) is 1. The number of benzene rings is 1. The molecule has 0 spiro atoms. The van der Waals surface area contributed by atoms with Crippen molar-refractivity contribution in [3.05, 3.63) is 24.3 Å². The summed E-state index contributed by atoms with van der Waals surface area (Å²) in [7, 11) is 0. The van der Waals surface area contributed by atoms with Crippen LogP contribution in [0.5, 0.6) is 5.75 Å². The second-order valence-corrected chi connectivity index (χ2v) is 4.51. The van der Waals surface area contributed by atoms with Gasteiger partial charge in [-0.3, -0.25) is 14.5 Å². The summed E-state index contributed by atoms with van der Waals surface area (Å²) in [5.41, 5.74) is 0.421. The molecule has 1 aromatic carbocycles. The third kappa shape index (κ3) is 3.34. The fourth-order valence-electron chi connectivity index (χ4n) is 2.06. The van der Waals surface area contributed by atoms with E-state index < -0.39 is 12.6 Å². The quantitative estimate of drug-likeness (QED) is 0.845. The average molecular weight is 277 g/mol. The Bertz CT molecular complexity index is 522. The van der Waals surface area contributed by atoms with E-state index in [4.69, 9.17) is 9.84 Å². The zero-order valence-electron chi connectivity index (χ0n) is 10.9. The minimum atomic E-state index is -1.09. The molecule has 0 aliphatic carbocycles. The lowest BCUT2D eigenvalue weighted by Gasteiger charge is -2.19. The Balaban J connectivity index is 2.22. The minimum absolute atomic E-state index is 0.233. The Kier molecular flexibility index (Phi) is 4.34. The lowest BCUT2D eigenvalue weighted by atomic mass is 10.2. The number of carboxylic acid groups (broad SMARTS) is 1. The molecule has 1 aliphatic heterocycles. The highest BCUT2D eigenvalue weighted by atomic mass is 16.5. The number of amides is 2. The number of nitrogens with zero attached hydrogens (tertiary/aromatic N) is 1. The molecule has 1 saturated heterocycles. The maximum absolute atomic E-state index is 12.0. The lowest BCUT2D eigenvalue weighted by Crippen LogP contribution is -2.35. The van der Waals surface area contributed by atoms with Crippen molar-refractivity contribution < 1.29 is 24.2 Å². The predicted octanol–water partition coefficient (Wildman–Crippen LogP) is 1.58. The Labute approximate surface area is 115 Å². The first-order valence-corrected chi connectivity index (χ1v) is 6.38. The van der Waals surface area contributed by atoms with E-state index in [-0.39, 0.29) is 11.8 Å². The van der Waals surface area contributed by atoms with Crippen molar-refractivity contribution in [1.82, 2.24) is 0 Å². The first-order chi connectivity index (χ1) is 9.58. The summed E-state index contributed by atoms with van der Waals surface area (Å²) in [6.07, 6.45) is 2.09. The molecule has 6 heteroatoms. The van der Waals surface area contributed by atoms with Gasteiger partial charge in [0, 0.05) is 18.9 Å². The van der Waals surface area contributed by atoms with Crippen molar-refractivity contribution in [3.8, 4) is 5.75 Å². The monoisotopic (exact) mass is 277 g/mol. The van der Waals surface area contributed by atoms with E-state index in [9.17, 15) is 14.4 Å². The van der Waals surface area contributed by atoms with Gasteiger partial charge < -0.3 is 9.84 Å². The van der Waals surface area contributed by atoms with E-state index in [1.54, 1.807) is 18.2 Å². The van der Waals surface area contributed by atoms with Gasteiger partial charge in [-0.1, -0.05) is 6.07 Å². The maximum atomic E-state index is 12.0. The number of rotatable bonds is 4. The van der Waals surface area contributed by atoms with E-state index in [0.717, 1.165) is 4.90 Å². The van der Waals surface area contributed by atoms with E-state index in [2.05, 4.69) is 0 Å². The number of carbonyl (C=O) groups excluding carboxylic acids is 2. The van der Waals surface area contributed by atoms with Crippen molar-refractivity contribution in [3.63, 3.8) is 0 Å². The molecule has 0 aromatic heterocycles. The van der Waals surface area contributed by atoms with Crippen molar-refractivity contribution in [1.29, 1.82) is 0 Å². The first-order valence-electron chi connectivity index (χ1n) is 6.38. The van der Waals surface area contributed by atoms with Crippen LogP contribution < -0.4 is 9.64 Å². The van der Waals surface area contributed by atoms with Gasteiger partial charge in [-0.2, -0.15) is 0 Å². The SMILES string of the molecule is O=C(O)COc1cccc(N2C(=O)CCCCC2=O)c1. The smallest absolute Gasteiger partial charge is 0.341 e. The van der Waals surface area contributed by atoms with Crippen LogP contribution >= 0.6 is 0 Å². The van der Waals surface area contributed by atoms with Crippen LogP contribution in [0.25, 0.3) is 0 Å². The number of carboxylic acids is 1. The summed E-state index contributed by atoms with van der Waals surface area (Å²) in [5, 5.41) is 8.57. The van der Waals surface area contributed by atoms with Gasteiger partial charge in [-0.05, 0) is 25.0 Å². The van der Waals surface area contributed by atoms with Gasteiger partial charge in [-0.25, -0.2) is 4.79 Å². The van der Waals surface area contributed by atoms with Crippen LogP contribution in [0, 0.1) is 0 Å². The third-order valence-corrected chi connectivity index (χ3v) is 2.97. The van der Waals surface area contributed by atoms with Crippen LogP contribution in [0.15, 0.2) is 24.3 Å². The molecule has 0 saturated carbocycles. The number of imide groups is 1. The molecule has 1 fully saturated rings. The maximum Gasteiger partial charge on any atom is 0.341 e. The Morgan fingerprint density at radius 1 is 1.20 bits per heavy atom. The zero-order valence-corrected chi connectivity index (χ0v) is 10.9. The molecule has 106 valence electrons. The highest BCUT2D eigenvalue weighted by molar-refractivity contribution is 6.15. The van der Waals surface area contributed by atoms with Crippen molar-refractivity contribution >= 4 is 23.5 Å². The number of aliphatic carboxylic acids is 1. The van der Waals surface area contributed by atoms with Gasteiger partial charge >= 0.3 is 5.97 Å². The summed E-state index contributed by atoms with van der Waals surface area (Å²) in [4.78, 5) is 35.6. The van der Waals surface area contributed by atoms with Crippen molar-refractivity contribution in [2.24, 2.45) is 0 Å². The topological polar surface area (TPSA) is 83.9 Å². The molecule has 6 nitrogen and oxygen atoms in total. The molecule has 1 aliphatic rings. The number of carbonyl (C=O) groups is 3. The van der Waals surface area contributed by atoms with Crippen LogP contribution in [0.1, 0.15) is 25.7 Å². The molecule has 2 rings (SSSR count). The molecule has 1 aromatic rings. The highest BCUT2D eigenvalue weighted by Crippen LogP contribution is 2.25. The van der Waals surface area contributed by atoms with Gasteiger partial charge in [0.1, 0.15) is 5.75 Å². The minimum Gasteiger partial charge on any atom is -0.482 e. The first kappa shape index (κ1) is 14.0. The fourth-order valence-corrected chi connectivity index (χ4v) is 2.06. The molecular formula is C14H15NO5. The highest BCUT2D eigenvalue weighted by Gasteiger charge is 2.25. The molecule has 0 bridgehead atoms. The van der Waals surface area contributed by atoms with Crippen molar-refractivity contribution in [2.75, 3.05) is 11.5 Å². The number of anilines is 1. The Morgan fingerprint density at radius 2 is 1.85 bits per heavy atom. The number of hydrogen-bond acceptors (Lipinski definition) is 4. The molecule has 20 heavy (non-hydrogen) atoms. The Hall–Kier alpha value is -2.37. The summed E-state index contributed by atoms with van der Waals surface area (Å²) < 4.78 is 5.05. The molecule has 0 radical (unpaired) electrons. The van der Waals surface area contributed by atoms with E-state index in [0.29, 0.717) is 37.1 Å². The van der Waals surface area contributed by atoms with Crippen LogP contribution in [-0.2, 0) is 14.4 Å². The molecule has 1 N–H and O–H groups in total. The van der Waals surface area contributed by atoms with E-state index in [1.165, 1.54) is 6.07 Å². The largest absolute Gasteiger partial charge is 0.482 e. The summed E-state index contributed by atoms with van der Waals surface area (Å²) in [6.45, 7) is -0.467. The molecule has 1 heterocycles. The molecule has 0 atom stereocenters. The second-order valence-electron chi connectivity index (χ2n) is 4.51. The van der Waals surface area contributed by atoms with Crippen LogP contribution in [0.2, 0.25) is 0 Å². The third-order valence-electron chi connectivity index (χ3n) is 2.97. The molecule has 2 amide bonds. The fraction of sp³-hybridized carbons (Fsp3) is 0.357. The standard InChI is InChI=1S/C14H15NO5/c16-12-6-1-2-7-13(17)15(12)10-4-3-5-11(8-10)20-9-14(18)19/h3-5,8H,1-2,6-7,9H2,(H,18,19). The van der Waals surface area contributed by atoms with Gasteiger partial charge in [0.15, 0.2) is 6.61 Å². The average Bonchev–Trinajstić information content (AvgIpc) is 2.58. The van der Waals surface area contributed by atoms with Crippen molar-refractivity contribution in [2.45, 2.75) is 25.7 Å². The summed E-state index contributed by atoms with van der Waals surface area (Å²) >= 11 is 0. The Morgan fingerprint density at radius 3 is 2.45 bits per heavy atom. The normalized spacial score (nSPS) is 15.9. The molecular weight excluding hydrogens is 262 g/mol. The summed E-state index contributed by atoms with van der Waals surface area (Å²) in [5.74, 6) is -1.24. The lowest BCUT2D eigenvalue weighted by molar-refractivity contribution is -0.139. The van der Waals surface area contributed by atoms with Gasteiger partial charge in [0.2, 0.25) is 11.8 Å². The van der Waals surface area contributed by atoms with Gasteiger partial charge in [-0.15, -0.1) is 0 Å². The van der Waals surface area contributed by atoms with Gasteiger partial charge in [0.25, 0.3) is 0 Å². The molecule has 0 unspecified atom stereocenters. The van der Waals surface area contributed by atoms with Crippen LogP contribution in [0.3, 0.4) is 0 Å². The number of hydrogen-bond donors (Lipinski definition) is 1. The van der Waals surface area contributed by atoms with E-state index in [1.807, 2.05) is 0 Å². The van der Waals surface area contributed by atoms with Crippen LogP contribution in [-0.4, -0.2) is 29.5 Å². The van der Waals surface area contributed by atoms with Crippen LogP contribution in [0.4, 0.5) is 5.69 Å². The predicted molar refractivity (Wildman–Crippen MR) is 70.5 cm³/mol.